The fourth-order valence-electron chi connectivity index (χ4n) is 2.61. The van der Waals surface area contributed by atoms with Crippen LogP contribution in [0, 0.1) is 0 Å². The first-order valence-electron chi connectivity index (χ1n) is 7.41. The predicted octanol–water partition coefficient (Wildman–Crippen LogP) is 2.01. The lowest BCUT2D eigenvalue weighted by molar-refractivity contribution is 0.0831. The molecular weight excluding hydrogens is 270 g/mol. The SMILES string of the molecule is CCc1ccnc(CC)c1CSC1NC(C)CC(O)N1. The number of aliphatic hydroxyl groups is 1. The fraction of sp³-hybridized carbons (Fsp3) is 0.667. The first-order valence-corrected chi connectivity index (χ1v) is 8.46. The van der Waals surface area contributed by atoms with E-state index in [1.54, 1.807) is 11.8 Å². The van der Waals surface area contributed by atoms with Crippen LogP contribution in [0.3, 0.4) is 0 Å². The average Bonchev–Trinajstić information content (AvgIpc) is 2.43. The Bertz CT molecular complexity index is 409. The second-order valence-corrected chi connectivity index (χ2v) is 6.37. The molecule has 3 atom stereocenters. The van der Waals surface area contributed by atoms with Crippen molar-refractivity contribution in [1.29, 1.82) is 0 Å². The molecule has 0 bridgehead atoms. The zero-order valence-electron chi connectivity index (χ0n) is 12.5. The summed E-state index contributed by atoms with van der Waals surface area (Å²) in [5, 5.41) is 16.4. The van der Waals surface area contributed by atoms with E-state index < -0.39 is 6.23 Å². The molecule has 20 heavy (non-hydrogen) atoms. The largest absolute Gasteiger partial charge is 0.378 e. The number of nitrogens with zero attached hydrogens (tertiary/aromatic N) is 1. The topological polar surface area (TPSA) is 57.2 Å². The molecule has 1 aromatic heterocycles. The van der Waals surface area contributed by atoms with Gasteiger partial charge in [0.1, 0.15) is 11.7 Å². The molecule has 0 aromatic carbocycles. The Morgan fingerprint density at radius 3 is 2.80 bits per heavy atom. The molecule has 1 aliphatic heterocycles. The molecule has 2 rings (SSSR count). The highest BCUT2D eigenvalue weighted by atomic mass is 32.2. The lowest BCUT2D eigenvalue weighted by Gasteiger charge is -2.33. The maximum absolute atomic E-state index is 9.77. The van der Waals surface area contributed by atoms with Gasteiger partial charge in [-0.3, -0.25) is 15.6 Å². The monoisotopic (exact) mass is 295 g/mol. The first-order chi connectivity index (χ1) is 9.63. The number of aromatic nitrogens is 1. The van der Waals surface area contributed by atoms with Crippen molar-refractivity contribution in [2.45, 2.75) is 63.6 Å². The zero-order chi connectivity index (χ0) is 14.5. The highest BCUT2D eigenvalue weighted by molar-refractivity contribution is 7.99. The van der Waals surface area contributed by atoms with E-state index in [-0.39, 0.29) is 5.50 Å². The molecule has 112 valence electrons. The van der Waals surface area contributed by atoms with E-state index in [9.17, 15) is 5.11 Å². The summed E-state index contributed by atoms with van der Waals surface area (Å²) < 4.78 is 0. The van der Waals surface area contributed by atoms with Gasteiger partial charge in [-0.25, -0.2) is 0 Å². The Kier molecular flexibility index (Phi) is 5.84. The van der Waals surface area contributed by atoms with Crippen LogP contribution in [0.25, 0.3) is 0 Å². The van der Waals surface area contributed by atoms with Gasteiger partial charge in [0, 0.05) is 30.1 Å². The van der Waals surface area contributed by atoms with Gasteiger partial charge in [-0.15, -0.1) is 11.8 Å². The van der Waals surface area contributed by atoms with Crippen molar-refractivity contribution in [3.05, 3.63) is 29.1 Å². The number of hydrogen-bond donors (Lipinski definition) is 3. The van der Waals surface area contributed by atoms with Crippen molar-refractivity contribution in [3.8, 4) is 0 Å². The third kappa shape index (κ3) is 3.95. The number of aliphatic hydroxyl groups excluding tert-OH is 1. The van der Waals surface area contributed by atoms with E-state index in [1.165, 1.54) is 16.8 Å². The fourth-order valence-corrected chi connectivity index (χ4v) is 3.88. The van der Waals surface area contributed by atoms with Gasteiger partial charge in [-0.1, -0.05) is 13.8 Å². The van der Waals surface area contributed by atoms with E-state index >= 15 is 0 Å². The number of aryl methyl sites for hydroxylation is 2. The van der Waals surface area contributed by atoms with Crippen LogP contribution in [0.15, 0.2) is 12.3 Å². The van der Waals surface area contributed by atoms with Crippen molar-refractivity contribution in [3.63, 3.8) is 0 Å². The van der Waals surface area contributed by atoms with Gasteiger partial charge in [-0.05, 0) is 37.0 Å². The molecule has 2 heterocycles. The summed E-state index contributed by atoms with van der Waals surface area (Å²) in [7, 11) is 0. The zero-order valence-corrected chi connectivity index (χ0v) is 13.3. The smallest absolute Gasteiger partial charge is 0.108 e. The van der Waals surface area contributed by atoms with Crippen LogP contribution in [-0.4, -0.2) is 27.9 Å². The third-order valence-electron chi connectivity index (χ3n) is 3.71. The van der Waals surface area contributed by atoms with Crippen molar-refractivity contribution in [2.24, 2.45) is 0 Å². The molecule has 0 spiro atoms. The van der Waals surface area contributed by atoms with Gasteiger partial charge in [0.05, 0.1) is 0 Å². The molecule has 0 aliphatic carbocycles. The quantitative estimate of drug-likeness (QED) is 0.776. The van der Waals surface area contributed by atoms with Crippen LogP contribution < -0.4 is 10.6 Å². The number of rotatable bonds is 5. The molecule has 3 unspecified atom stereocenters. The number of nitrogens with one attached hydrogen (secondary N) is 2. The number of pyridine rings is 1. The summed E-state index contributed by atoms with van der Waals surface area (Å²) in [5.74, 6) is 0.921. The number of hydrogen-bond acceptors (Lipinski definition) is 5. The van der Waals surface area contributed by atoms with Crippen LogP contribution >= 0.6 is 11.8 Å². The molecule has 5 heteroatoms. The Balaban J connectivity index is 2.03. The lowest BCUT2D eigenvalue weighted by atomic mass is 10.0. The summed E-state index contributed by atoms with van der Waals surface area (Å²) in [6.45, 7) is 6.45. The predicted molar refractivity (Wildman–Crippen MR) is 84.4 cm³/mol. The van der Waals surface area contributed by atoms with E-state index in [0.29, 0.717) is 6.04 Å². The first kappa shape index (κ1) is 15.8. The van der Waals surface area contributed by atoms with E-state index in [4.69, 9.17) is 0 Å². The van der Waals surface area contributed by atoms with Crippen molar-refractivity contribution in [2.75, 3.05) is 0 Å². The Morgan fingerprint density at radius 2 is 2.15 bits per heavy atom. The lowest BCUT2D eigenvalue weighted by Crippen LogP contribution is -2.55. The molecule has 4 nitrogen and oxygen atoms in total. The standard InChI is InChI=1S/C15H25N3OS/c1-4-11-6-7-16-13(5-2)12(11)9-20-15-17-10(3)8-14(19)18-15/h6-7,10,14-15,17-19H,4-5,8-9H2,1-3H3. The molecule has 0 radical (unpaired) electrons. The van der Waals surface area contributed by atoms with E-state index in [0.717, 1.165) is 25.0 Å². The summed E-state index contributed by atoms with van der Waals surface area (Å²) in [6.07, 6.45) is 4.26. The average molecular weight is 295 g/mol. The molecule has 1 aliphatic rings. The molecule has 0 saturated carbocycles. The maximum Gasteiger partial charge on any atom is 0.108 e. The van der Waals surface area contributed by atoms with Crippen LogP contribution in [0.2, 0.25) is 0 Å². The van der Waals surface area contributed by atoms with Crippen molar-refractivity contribution in [1.82, 2.24) is 15.6 Å². The maximum atomic E-state index is 9.77. The summed E-state index contributed by atoms with van der Waals surface area (Å²) >= 11 is 1.79. The number of thioether (sulfide) groups is 1. The molecule has 1 saturated heterocycles. The molecule has 0 amide bonds. The van der Waals surface area contributed by atoms with Gasteiger partial charge in [0.25, 0.3) is 0 Å². The van der Waals surface area contributed by atoms with Crippen LogP contribution in [0.5, 0.6) is 0 Å². The van der Waals surface area contributed by atoms with Crippen molar-refractivity contribution >= 4 is 11.8 Å². The van der Waals surface area contributed by atoms with Gasteiger partial charge in [0.2, 0.25) is 0 Å². The minimum absolute atomic E-state index is 0.100. The molecule has 1 fully saturated rings. The van der Waals surface area contributed by atoms with E-state index in [2.05, 4.69) is 42.5 Å². The van der Waals surface area contributed by atoms with Gasteiger partial charge < -0.3 is 5.11 Å². The van der Waals surface area contributed by atoms with Crippen LogP contribution in [-0.2, 0) is 18.6 Å². The normalized spacial score (nSPS) is 26.7. The minimum Gasteiger partial charge on any atom is -0.378 e. The highest BCUT2D eigenvalue weighted by Gasteiger charge is 2.23. The molecular formula is C15H25N3OS. The van der Waals surface area contributed by atoms with Crippen LogP contribution in [0.1, 0.15) is 44.0 Å². The summed E-state index contributed by atoms with van der Waals surface area (Å²) in [6, 6.07) is 2.46. The summed E-state index contributed by atoms with van der Waals surface area (Å²) in [4.78, 5) is 4.50. The molecule has 1 aromatic rings. The Labute approximate surface area is 125 Å². The highest BCUT2D eigenvalue weighted by Crippen LogP contribution is 2.23. The van der Waals surface area contributed by atoms with Gasteiger partial charge >= 0.3 is 0 Å². The van der Waals surface area contributed by atoms with Gasteiger partial charge in [-0.2, -0.15) is 0 Å². The third-order valence-corrected chi connectivity index (χ3v) is 4.77. The van der Waals surface area contributed by atoms with Crippen molar-refractivity contribution < 1.29 is 5.11 Å². The molecule has 3 N–H and O–H groups in total. The second kappa shape index (κ2) is 7.41. The van der Waals surface area contributed by atoms with E-state index in [1.807, 2.05) is 6.20 Å². The second-order valence-electron chi connectivity index (χ2n) is 5.28. The summed E-state index contributed by atoms with van der Waals surface area (Å²) in [5.41, 5.74) is 4.04. The van der Waals surface area contributed by atoms with Gasteiger partial charge in [0.15, 0.2) is 0 Å². The minimum atomic E-state index is -0.408. The Morgan fingerprint density at radius 1 is 1.35 bits per heavy atom. The van der Waals surface area contributed by atoms with Crippen LogP contribution in [0.4, 0.5) is 0 Å². The Hall–Kier alpha value is -0.620.